The summed E-state index contributed by atoms with van der Waals surface area (Å²) in [5, 5.41) is 0.532. The van der Waals surface area contributed by atoms with E-state index in [0.717, 1.165) is 12.8 Å². The van der Waals surface area contributed by atoms with E-state index in [1.54, 1.807) is 24.3 Å². The largest absolute Gasteiger partial charge is 0.494 e. The first-order chi connectivity index (χ1) is 16.4. The summed E-state index contributed by atoms with van der Waals surface area (Å²) in [7, 11) is -2.32. The molecule has 13 heteroatoms. The highest BCUT2D eigenvalue weighted by atomic mass is 35.5. The van der Waals surface area contributed by atoms with Crippen molar-refractivity contribution in [3.8, 4) is 28.8 Å². The van der Waals surface area contributed by atoms with E-state index in [2.05, 4.69) is 29.4 Å². The Morgan fingerprint density at radius 1 is 1.03 bits per heavy atom. The van der Waals surface area contributed by atoms with Gasteiger partial charge in [-0.15, -0.1) is 0 Å². The van der Waals surface area contributed by atoms with Crippen molar-refractivity contribution in [2.45, 2.75) is 12.8 Å². The Balaban J connectivity index is 1.49. The van der Waals surface area contributed by atoms with Gasteiger partial charge in [-0.2, -0.15) is 23.1 Å². The maximum absolute atomic E-state index is 12.6. The number of nitrogens with zero attached hydrogens (tertiary/aromatic N) is 4. The Morgan fingerprint density at radius 3 is 2.41 bits per heavy atom. The first-order valence-electron chi connectivity index (χ1n) is 10.4. The van der Waals surface area contributed by atoms with Gasteiger partial charge in [0.05, 0.1) is 25.1 Å². The van der Waals surface area contributed by atoms with Crippen molar-refractivity contribution in [3.05, 3.63) is 48.0 Å². The van der Waals surface area contributed by atoms with Crippen molar-refractivity contribution >= 4 is 27.6 Å². The summed E-state index contributed by atoms with van der Waals surface area (Å²) in [6.45, 7) is 0.602. The van der Waals surface area contributed by atoms with Crippen LogP contribution >= 0.6 is 11.6 Å². The molecule has 180 valence electrons. The van der Waals surface area contributed by atoms with Gasteiger partial charge in [0, 0.05) is 11.6 Å². The summed E-state index contributed by atoms with van der Waals surface area (Å²) in [4.78, 5) is 16.4. The van der Waals surface area contributed by atoms with E-state index >= 15 is 0 Å². The van der Waals surface area contributed by atoms with E-state index in [0.29, 0.717) is 34.4 Å². The average molecular weight is 507 g/mol. The van der Waals surface area contributed by atoms with Crippen molar-refractivity contribution < 1.29 is 22.6 Å². The summed E-state index contributed by atoms with van der Waals surface area (Å²) >= 11 is 6.02. The number of ether oxygens (including phenoxy) is 3. The highest BCUT2D eigenvalue weighted by Crippen LogP contribution is 2.35. The van der Waals surface area contributed by atoms with E-state index in [1.165, 1.54) is 25.8 Å². The summed E-state index contributed by atoms with van der Waals surface area (Å²) in [5.74, 6) is 1.15. The Bertz CT molecular complexity index is 1210. The van der Waals surface area contributed by atoms with E-state index in [-0.39, 0.29) is 30.9 Å². The zero-order valence-corrected chi connectivity index (χ0v) is 19.8. The molecule has 4 rings (SSSR count). The van der Waals surface area contributed by atoms with Gasteiger partial charge in [-0.05, 0) is 36.5 Å². The third-order valence-corrected chi connectivity index (χ3v) is 6.09. The van der Waals surface area contributed by atoms with Crippen LogP contribution in [-0.2, 0) is 10.2 Å². The molecule has 1 aliphatic carbocycles. The molecule has 0 radical (unpaired) electrons. The molecule has 2 heterocycles. The summed E-state index contributed by atoms with van der Waals surface area (Å²) < 4.78 is 46.4. The second kappa shape index (κ2) is 10.8. The second-order valence-electron chi connectivity index (χ2n) is 7.41. The number of hydrogen-bond acceptors (Lipinski definition) is 9. The lowest BCUT2D eigenvalue weighted by Gasteiger charge is -2.16. The molecule has 0 aliphatic heterocycles. The van der Waals surface area contributed by atoms with Crippen LogP contribution in [0.4, 0.5) is 5.82 Å². The molecule has 11 nitrogen and oxygen atoms in total. The van der Waals surface area contributed by atoms with Gasteiger partial charge in [-0.1, -0.05) is 23.7 Å². The molecule has 1 saturated carbocycles. The van der Waals surface area contributed by atoms with Crippen LogP contribution in [0.2, 0.25) is 5.02 Å². The molecule has 34 heavy (non-hydrogen) atoms. The van der Waals surface area contributed by atoms with Crippen LogP contribution in [-0.4, -0.2) is 55.2 Å². The van der Waals surface area contributed by atoms with Gasteiger partial charge in [0.1, 0.15) is 19.5 Å². The topological polar surface area (TPSA) is 137 Å². The Morgan fingerprint density at radius 2 is 1.74 bits per heavy atom. The highest BCUT2D eigenvalue weighted by Gasteiger charge is 2.25. The SMILES string of the molecule is COc1cnc(OCCOc2ncnc(NS(=O)(=O)NCC3CC3)c2-c2ccc(Cl)cc2)nc1. The fourth-order valence-electron chi connectivity index (χ4n) is 2.90. The normalized spacial score (nSPS) is 13.4. The summed E-state index contributed by atoms with van der Waals surface area (Å²) in [6.07, 6.45) is 6.24. The average Bonchev–Trinajstić information content (AvgIpc) is 3.66. The number of rotatable bonds is 12. The molecule has 1 aliphatic rings. The van der Waals surface area contributed by atoms with Gasteiger partial charge in [0.25, 0.3) is 10.2 Å². The predicted molar refractivity (Wildman–Crippen MR) is 125 cm³/mol. The van der Waals surface area contributed by atoms with Gasteiger partial charge in [0.2, 0.25) is 5.88 Å². The standard InChI is InChI=1S/C21H23ClN6O5S/c1-31-17-11-23-21(24-12-17)33-9-8-32-20-18(15-4-6-16(22)7-5-15)19(25-13-26-20)28-34(29,30)27-10-14-2-3-14/h4-7,11-14,27H,2-3,8-10H2,1H3,(H,25,26,28). The lowest BCUT2D eigenvalue weighted by Crippen LogP contribution is -2.32. The molecule has 0 saturated heterocycles. The fourth-order valence-corrected chi connectivity index (χ4v) is 3.96. The fraction of sp³-hybridized carbons (Fsp3) is 0.333. The van der Waals surface area contributed by atoms with Gasteiger partial charge >= 0.3 is 6.01 Å². The monoisotopic (exact) mass is 506 g/mol. The van der Waals surface area contributed by atoms with Gasteiger partial charge < -0.3 is 14.2 Å². The van der Waals surface area contributed by atoms with Crippen molar-refractivity contribution in [1.29, 1.82) is 0 Å². The number of anilines is 1. The summed E-state index contributed by atoms with van der Waals surface area (Å²) in [5.41, 5.74) is 0.996. The van der Waals surface area contributed by atoms with Crippen LogP contribution < -0.4 is 23.7 Å². The van der Waals surface area contributed by atoms with Crippen molar-refractivity contribution in [2.75, 3.05) is 31.6 Å². The van der Waals surface area contributed by atoms with Crippen molar-refractivity contribution in [3.63, 3.8) is 0 Å². The van der Waals surface area contributed by atoms with E-state index in [4.69, 9.17) is 25.8 Å². The maximum Gasteiger partial charge on any atom is 0.316 e. The lowest BCUT2D eigenvalue weighted by atomic mass is 10.1. The quantitative estimate of drug-likeness (QED) is 0.355. The second-order valence-corrected chi connectivity index (χ2v) is 9.35. The van der Waals surface area contributed by atoms with Crippen LogP contribution in [0.1, 0.15) is 12.8 Å². The number of methoxy groups -OCH3 is 1. The zero-order chi connectivity index (χ0) is 24.0. The number of aromatic nitrogens is 4. The molecule has 1 fully saturated rings. The third kappa shape index (κ3) is 6.65. The third-order valence-electron chi connectivity index (χ3n) is 4.83. The molecule has 3 aromatic rings. The molecular weight excluding hydrogens is 484 g/mol. The molecule has 0 unspecified atom stereocenters. The Labute approximate surface area is 202 Å². The first kappa shape index (κ1) is 23.9. The van der Waals surface area contributed by atoms with Gasteiger partial charge in [-0.25, -0.2) is 9.97 Å². The zero-order valence-electron chi connectivity index (χ0n) is 18.3. The minimum Gasteiger partial charge on any atom is -0.494 e. The van der Waals surface area contributed by atoms with E-state index in [1.807, 2.05) is 0 Å². The van der Waals surface area contributed by atoms with Crippen molar-refractivity contribution in [1.82, 2.24) is 24.7 Å². The lowest BCUT2D eigenvalue weighted by molar-refractivity contribution is 0.201. The maximum atomic E-state index is 12.6. The van der Waals surface area contributed by atoms with Crippen molar-refractivity contribution in [2.24, 2.45) is 5.92 Å². The molecule has 0 amide bonds. The molecule has 2 aromatic heterocycles. The molecule has 0 atom stereocenters. The minimum atomic E-state index is -3.84. The van der Waals surface area contributed by atoms with Crippen LogP contribution in [0.15, 0.2) is 43.0 Å². The molecular formula is C21H23ClN6O5S. The first-order valence-corrected chi connectivity index (χ1v) is 12.3. The van der Waals surface area contributed by atoms with E-state index in [9.17, 15) is 8.42 Å². The minimum absolute atomic E-state index is 0.0787. The van der Waals surface area contributed by atoms with Gasteiger partial charge in [0.15, 0.2) is 11.6 Å². The molecule has 0 spiro atoms. The van der Waals surface area contributed by atoms with Gasteiger partial charge in [-0.3, -0.25) is 4.72 Å². The number of halogens is 1. The molecule has 1 aromatic carbocycles. The molecule has 0 bridgehead atoms. The molecule has 2 N–H and O–H groups in total. The van der Waals surface area contributed by atoms with Crippen LogP contribution in [0, 0.1) is 5.92 Å². The Hall–Kier alpha value is -3.22. The smallest absolute Gasteiger partial charge is 0.316 e. The van der Waals surface area contributed by atoms with Crippen LogP contribution in [0.3, 0.4) is 0 Å². The number of hydrogen-bond donors (Lipinski definition) is 2. The summed E-state index contributed by atoms with van der Waals surface area (Å²) in [6, 6.07) is 6.99. The predicted octanol–water partition coefficient (Wildman–Crippen LogP) is 2.71. The number of nitrogens with one attached hydrogen (secondary N) is 2. The highest BCUT2D eigenvalue weighted by molar-refractivity contribution is 7.90. The number of benzene rings is 1. The van der Waals surface area contributed by atoms with Crippen LogP contribution in [0.25, 0.3) is 11.1 Å². The van der Waals surface area contributed by atoms with E-state index < -0.39 is 10.2 Å². The Kier molecular flexibility index (Phi) is 7.60. The van der Waals surface area contributed by atoms with Crippen LogP contribution in [0.5, 0.6) is 17.6 Å².